The van der Waals surface area contributed by atoms with Gasteiger partial charge in [-0.2, -0.15) is 0 Å². The predicted octanol–water partition coefficient (Wildman–Crippen LogP) is 0.855. The normalized spacial score (nSPS) is 18.9. The molecule has 72 valence electrons. The Hall–Kier alpha value is -1.62. The predicted molar refractivity (Wildman–Crippen MR) is 48.3 cm³/mol. The summed E-state index contributed by atoms with van der Waals surface area (Å²) in [5.41, 5.74) is 0.585. The van der Waals surface area contributed by atoms with Gasteiger partial charge in [-0.3, -0.25) is 9.59 Å². The number of aromatic nitrogens is 1. The number of halogens is 1. The van der Waals surface area contributed by atoms with Gasteiger partial charge in [-0.1, -0.05) is 11.6 Å². The molecule has 2 heterocycles. The smallest absolute Gasteiger partial charge is 0.322 e. The molecule has 2 N–H and O–H groups in total. The van der Waals surface area contributed by atoms with E-state index in [0.717, 1.165) is 0 Å². The second-order valence-electron chi connectivity index (χ2n) is 2.83. The van der Waals surface area contributed by atoms with Gasteiger partial charge in [0.25, 0.3) is 0 Å². The molecule has 1 aromatic rings. The molecule has 14 heavy (non-hydrogen) atoms. The second-order valence-corrected chi connectivity index (χ2v) is 3.21. The van der Waals surface area contributed by atoms with Crippen molar-refractivity contribution in [2.45, 2.75) is 5.92 Å². The van der Waals surface area contributed by atoms with Gasteiger partial charge >= 0.3 is 5.97 Å². The Kier molecular flexibility index (Phi) is 1.89. The third-order valence-corrected chi connectivity index (χ3v) is 2.14. The number of carbonyl (C=O) groups excluding carboxylic acids is 1. The average Bonchev–Trinajstić information content (AvgIpc) is 2.40. The first-order valence-corrected chi connectivity index (χ1v) is 4.17. The lowest BCUT2D eigenvalue weighted by Crippen LogP contribution is -2.20. The number of amides is 1. The Labute approximate surface area is 83.7 Å². The molecule has 0 aromatic carbocycles. The van der Waals surface area contributed by atoms with Crippen LogP contribution in [0.15, 0.2) is 12.1 Å². The number of carbonyl (C=O) groups is 2. The molecule has 0 saturated heterocycles. The molecule has 1 atom stereocenters. The van der Waals surface area contributed by atoms with Gasteiger partial charge in [-0.25, -0.2) is 4.98 Å². The van der Waals surface area contributed by atoms with Crippen molar-refractivity contribution in [2.75, 3.05) is 5.32 Å². The minimum atomic E-state index is -1.25. The zero-order valence-electron chi connectivity index (χ0n) is 6.82. The fraction of sp³-hybridized carbons (Fsp3) is 0.125. The molecule has 1 amide bonds. The van der Waals surface area contributed by atoms with Crippen LogP contribution in [0.2, 0.25) is 5.15 Å². The van der Waals surface area contributed by atoms with E-state index in [1.807, 2.05) is 0 Å². The SMILES string of the molecule is O=C(O)[C@H]1C(=O)Nc2ccc(Cl)nc21. The quantitative estimate of drug-likeness (QED) is 0.534. The highest BCUT2D eigenvalue weighted by atomic mass is 35.5. The molecule has 0 radical (unpaired) electrons. The van der Waals surface area contributed by atoms with Crippen LogP contribution in [0.4, 0.5) is 5.69 Å². The number of nitrogens with one attached hydrogen (secondary N) is 1. The summed E-state index contributed by atoms with van der Waals surface area (Å²) < 4.78 is 0. The summed E-state index contributed by atoms with van der Waals surface area (Å²) in [6, 6.07) is 3.02. The fourth-order valence-corrected chi connectivity index (χ4v) is 1.49. The maximum absolute atomic E-state index is 11.2. The van der Waals surface area contributed by atoms with Crippen molar-refractivity contribution in [1.82, 2.24) is 4.98 Å². The van der Waals surface area contributed by atoms with Crippen molar-refractivity contribution < 1.29 is 14.7 Å². The van der Waals surface area contributed by atoms with E-state index in [4.69, 9.17) is 16.7 Å². The van der Waals surface area contributed by atoms with Crippen LogP contribution >= 0.6 is 11.6 Å². The Morgan fingerprint density at radius 2 is 2.29 bits per heavy atom. The van der Waals surface area contributed by atoms with Crippen molar-refractivity contribution in [3.63, 3.8) is 0 Å². The van der Waals surface area contributed by atoms with Crippen LogP contribution in [0, 0.1) is 0 Å². The van der Waals surface area contributed by atoms with Crippen LogP contribution in [-0.2, 0) is 9.59 Å². The Balaban J connectivity index is 2.55. The maximum Gasteiger partial charge on any atom is 0.322 e. The zero-order valence-corrected chi connectivity index (χ0v) is 7.58. The lowest BCUT2D eigenvalue weighted by Gasteiger charge is -2.00. The van der Waals surface area contributed by atoms with Crippen LogP contribution in [0.25, 0.3) is 0 Å². The third kappa shape index (κ3) is 1.22. The molecule has 6 heteroatoms. The number of hydrogen-bond donors (Lipinski definition) is 2. The second kappa shape index (κ2) is 2.95. The number of aliphatic carboxylic acids is 1. The topological polar surface area (TPSA) is 79.3 Å². The molecule has 5 nitrogen and oxygen atoms in total. The number of anilines is 1. The molecule has 0 aliphatic carbocycles. The molecule has 1 aliphatic rings. The summed E-state index contributed by atoms with van der Waals surface area (Å²) in [5.74, 6) is -3.05. The Bertz CT molecular complexity index is 433. The highest BCUT2D eigenvalue weighted by Crippen LogP contribution is 2.31. The molecule has 0 unspecified atom stereocenters. The van der Waals surface area contributed by atoms with Crippen molar-refractivity contribution >= 4 is 29.2 Å². The number of rotatable bonds is 1. The molecule has 0 spiro atoms. The number of fused-ring (bicyclic) bond motifs is 1. The molecule has 0 bridgehead atoms. The number of carboxylic acid groups (broad SMARTS) is 1. The number of carboxylic acids is 1. The first-order chi connectivity index (χ1) is 6.59. The molecule has 1 aliphatic heterocycles. The first kappa shape index (κ1) is 8.96. The summed E-state index contributed by atoms with van der Waals surface area (Å²) in [6.07, 6.45) is 0. The summed E-state index contributed by atoms with van der Waals surface area (Å²) >= 11 is 5.60. The van der Waals surface area contributed by atoms with Crippen molar-refractivity contribution in [2.24, 2.45) is 0 Å². The van der Waals surface area contributed by atoms with E-state index in [9.17, 15) is 9.59 Å². The standard InChI is InChI=1S/C8H5ClN2O3/c9-4-2-1-3-6(11-4)5(8(13)14)7(12)10-3/h1-2,5H,(H,10,12)(H,13,14)/t5-/m1/s1. The maximum atomic E-state index is 11.2. The third-order valence-electron chi connectivity index (χ3n) is 1.93. The van der Waals surface area contributed by atoms with Gasteiger partial charge in [-0.05, 0) is 12.1 Å². The Morgan fingerprint density at radius 1 is 1.57 bits per heavy atom. The molecule has 0 saturated carbocycles. The number of pyridine rings is 1. The van der Waals surface area contributed by atoms with Crippen molar-refractivity contribution in [1.29, 1.82) is 0 Å². The van der Waals surface area contributed by atoms with Gasteiger partial charge in [0.05, 0.1) is 11.4 Å². The van der Waals surface area contributed by atoms with E-state index in [-0.39, 0.29) is 10.8 Å². The molecule has 1 aromatic heterocycles. The van der Waals surface area contributed by atoms with Gasteiger partial charge in [0, 0.05) is 0 Å². The summed E-state index contributed by atoms with van der Waals surface area (Å²) in [6.45, 7) is 0. The largest absolute Gasteiger partial charge is 0.480 e. The molecular formula is C8H5ClN2O3. The van der Waals surface area contributed by atoms with Crippen LogP contribution in [0.3, 0.4) is 0 Å². The number of hydrogen-bond acceptors (Lipinski definition) is 3. The first-order valence-electron chi connectivity index (χ1n) is 3.79. The van der Waals surface area contributed by atoms with E-state index in [1.165, 1.54) is 12.1 Å². The highest BCUT2D eigenvalue weighted by molar-refractivity contribution is 6.29. The summed E-state index contributed by atoms with van der Waals surface area (Å²) in [4.78, 5) is 25.8. The van der Waals surface area contributed by atoms with Crippen molar-refractivity contribution in [3.05, 3.63) is 23.0 Å². The average molecular weight is 213 g/mol. The van der Waals surface area contributed by atoms with Crippen LogP contribution < -0.4 is 5.32 Å². The van der Waals surface area contributed by atoms with Gasteiger partial charge in [0.15, 0.2) is 5.92 Å². The van der Waals surface area contributed by atoms with Crippen LogP contribution in [-0.4, -0.2) is 22.0 Å². The van der Waals surface area contributed by atoms with Gasteiger partial charge in [-0.15, -0.1) is 0 Å². The van der Waals surface area contributed by atoms with Crippen LogP contribution in [0.5, 0.6) is 0 Å². The lowest BCUT2D eigenvalue weighted by atomic mass is 10.1. The van der Waals surface area contributed by atoms with Crippen molar-refractivity contribution in [3.8, 4) is 0 Å². The van der Waals surface area contributed by atoms with Crippen LogP contribution in [0.1, 0.15) is 11.6 Å². The van der Waals surface area contributed by atoms with E-state index < -0.39 is 17.8 Å². The monoisotopic (exact) mass is 212 g/mol. The molecule has 0 fully saturated rings. The zero-order chi connectivity index (χ0) is 10.3. The summed E-state index contributed by atoms with van der Waals surface area (Å²) in [7, 11) is 0. The minimum absolute atomic E-state index is 0.173. The van der Waals surface area contributed by atoms with E-state index >= 15 is 0 Å². The van der Waals surface area contributed by atoms with E-state index in [0.29, 0.717) is 5.69 Å². The fourth-order valence-electron chi connectivity index (χ4n) is 1.33. The molecular weight excluding hydrogens is 208 g/mol. The van der Waals surface area contributed by atoms with Gasteiger partial charge in [0.1, 0.15) is 5.15 Å². The van der Waals surface area contributed by atoms with Gasteiger partial charge < -0.3 is 10.4 Å². The number of nitrogens with zero attached hydrogens (tertiary/aromatic N) is 1. The minimum Gasteiger partial charge on any atom is -0.480 e. The molecule has 2 rings (SSSR count). The highest BCUT2D eigenvalue weighted by Gasteiger charge is 2.37. The Morgan fingerprint density at radius 3 is 2.93 bits per heavy atom. The van der Waals surface area contributed by atoms with E-state index in [2.05, 4.69) is 10.3 Å². The summed E-state index contributed by atoms with van der Waals surface area (Å²) in [5, 5.41) is 11.4. The lowest BCUT2D eigenvalue weighted by molar-refractivity contribution is -0.141. The van der Waals surface area contributed by atoms with E-state index in [1.54, 1.807) is 0 Å². The van der Waals surface area contributed by atoms with Gasteiger partial charge in [0.2, 0.25) is 5.91 Å².